The molecule has 1 aliphatic rings. The Morgan fingerprint density at radius 2 is 2.14 bits per heavy atom. The highest BCUT2D eigenvalue weighted by molar-refractivity contribution is 5.93. The number of carbonyl (C=O) groups excluding carboxylic acids is 1. The fourth-order valence-electron chi connectivity index (χ4n) is 2.55. The van der Waals surface area contributed by atoms with Gasteiger partial charge in [-0.15, -0.1) is 0 Å². The molecule has 1 unspecified atom stereocenters. The maximum Gasteiger partial charge on any atom is 0.356 e. The van der Waals surface area contributed by atoms with Gasteiger partial charge in [0.05, 0.1) is 11.9 Å². The van der Waals surface area contributed by atoms with E-state index in [-0.39, 0.29) is 11.6 Å². The zero-order valence-electron chi connectivity index (χ0n) is 12.2. The van der Waals surface area contributed by atoms with Crippen LogP contribution in [0.25, 0.3) is 0 Å². The molecule has 0 bridgehead atoms. The maximum absolute atomic E-state index is 11.6. The molecule has 0 aromatic carbocycles. The summed E-state index contributed by atoms with van der Waals surface area (Å²) in [7, 11) is 0. The second-order valence-corrected chi connectivity index (χ2v) is 5.53. The van der Waals surface area contributed by atoms with Crippen molar-refractivity contribution in [3.8, 4) is 0 Å². The number of carboxylic acid groups (broad SMARTS) is 1. The Morgan fingerprint density at radius 3 is 2.71 bits per heavy atom. The first-order chi connectivity index (χ1) is 9.91. The predicted octanol–water partition coefficient (Wildman–Crippen LogP) is 1.14. The quantitative estimate of drug-likeness (QED) is 0.861. The minimum atomic E-state index is -1.12. The second-order valence-electron chi connectivity index (χ2n) is 5.53. The Morgan fingerprint density at radius 1 is 1.43 bits per heavy atom. The topological polar surface area (TPSA) is 109 Å². The summed E-state index contributed by atoms with van der Waals surface area (Å²) in [6.07, 6.45) is 3.90. The van der Waals surface area contributed by atoms with Crippen molar-refractivity contribution in [2.24, 2.45) is 5.73 Å². The third-order valence-corrected chi connectivity index (χ3v) is 3.65. The Kier molecular flexibility index (Phi) is 4.40. The highest BCUT2D eigenvalue weighted by Crippen LogP contribution is 2.27. The Labute approximate surface area is 123 Å². The number of hydrogen-bond acceptors (Lipinski definition) is 5. The van der Waals surface area contributed by atoms with Crippen LogP contribution in [0.5, 0.6) is 0 Å². The molecule has 3 N–H and O–H groups in total. The minimum absolute atomic E-state index is 0.0328. The summed E-state index contributed by atoms with van der Waals surface area (Å²) in [6, 6.07) is -0.495. The highest BCUT2D eigenvalue weighted by Gasteiger charge is 2.31. The summed E-state index contributed by atoms with van der Waals surface area (Å²) in [4.78, 5) is 33.1. The molecule has 1 atom stereocenters. The number of aromatic carboxylic acids is 1. The molecule has 0 aliphatic carbocycles. The standard InChI is InChI=1S/C14H20N4O3/c1-8(2)13-16-7-10(11(17-13)14(20)21)18-6-4-3-5-9(18)12(15)19/h7-9H,3-6H2,1-2H3,(H2,15,19)(H,20,21). The largest absolute Gasteiger partial charge is 0.476 e. The van der Waals surface area contributed by atoms with E-state index in [0.717, 1.165) is 12.8 Å². The van der Waals surface area contributed by atoms with Gasteiger partial charge in [0, 0.05) is 12.5 Å². The molecule has 1 aromatic heterocycles. The Hall–Kier alpha value is -2.18. The fraction of sp³-hybridized carbons (Fsp3) is 0.571. The monoisotopic (exact) mass is 292 g/mol. The molecule has 0 radical (unpaired) electrons. The molecule has 1 aromatic rings. The van der Waals surface area contributed by atoms with E-state index in [2.05, 4.69) is 9.97 Å². The van der Waals surface area contributed by atoms with E-state index < -0.39 is 17.9 Å². The van der Waals surface area contributed by atoms with Crippen molar-refractivity contribution in [2.75, 3.05) is 11.4 Å². The second kappa shape index (κ2) is 6.07. The molecule has 7 nitrogen and oxygen atoms in total. The third-order valence-electron chi connectivity index (χ3n) is 3.65. The number of nitrogens with zero attached hydrogens (tertiary/aromatic N) is 3. The van der Waals surface area contributed by atoms with Crippen LogP contribution < -0.4 is 10.6 Å². The van der Waals surface area contributed by atoms with Crippen molar-refractivity contribution in [3.63, 3.8) is 0 Å². The van der Waals surface area contributed by atoms with Crippen molar-refractivity contribution < 1.29 is 14.7 Å². The predicted molar refractivity (Wildman–Crippen MR) is 77.3 cm³/mol. The normalized spacial score (nSPS) is 18.8. The fourth-order valence-corrected chi connectivity index (χ4v) is 2.55. The van der Waals surface area contributed by atoms with Crippen molar-refractivity contribution in [1.82, 2.24) is 9.97 Å². The number of rotatable bonds is 4. The number of amides is 1. The molecule has 21 heavy (non-hydrogen) atoms. The van der Waals surface area contributed by atoms with Crippen molar-refractivity contribution in [2.45, 2.75) is 45.1 Å². The summed E-state index contributed by atoms with van der Waals surface area (Å²) >= 11 is 0. The van der Waals surface area contributed by atoms with Gasteiger partial charge in [-0.05, 0) is 19.3 Å². The smallest absolute Gasteiger partial charge is 0.356 e. The Bertz CT molecular complexity index is 559. The summed E-state index contributed by atoms with van der Waals surface area (Å²) in [5, 5.41) is 9.39. The van der Waals surface area contributed by atoms with E-state index in [9.17, 15) is 14.7 Å². The summed E-state index contributed by atoms with van der Waals surface area (Å²) < 4.78 is 0. The van der Waals surface area contributed by atoms with Crippen LogP contribution in [0.4, 0.5) is 5.69 Å². The first-order valence-corrected chi connectivity index (χ1v) is 7.08. The van der Waals surface area contributed by atoms with Gasteiger partial charge in [-0.2, -0.15) is 0 Å². The lowest BCUT2D eigenvalue weighted by molar-refractivity contribution is -0.119. The van der Waals surface area contributed by atoms with E-state index in [1.165, 1.54) is 6.20 Å². The highest BCUT2D eigenvalue weighted by atomic mass is 16.4. The van der Waals surface area contributed by atoms with Gasteiger partial charge in [0.15, 0.2) is 5.69 Å². The van der Waals surface area contributed by atoms with Crippen molar-refractivity contribution in [1.29, 1.82) is 0 Å². The summed E-state index contributed by atoms with van der Waals surface area (Å²) in [5.74, 6) is -1.06. The number of nitrogens with two attached hydrogens (primary N) is 1. The molecule has 114 valence electrons. The number of carbonyl (C=O) groups is 2. The molecule has 2 rings (SSSR count). The van der Waals surface area contributed by atoms with E-state index >= 15 is 0 Å². The number of aromatic nitrogens is 2. The van der Waals surface area contributed by atoms with Gasteiger partial charge in [0.25, 0.3) is 0 Å². The first kappa shape index (κ1) is 15.2. The zero-order chi connectivity index (χ0) is 15.6. The number of anilines is 1. The molecule has 1 aliphatic heterocycles. The average Bonchev–Trinajstić information content (AvgIpc) is 2.46. The van der Waals surface area contributed by atoms with Gasteiger partial charge < -0.3 is 15.7 Å². The van der Waals surface area contributed by atoms with Crippen LogP contribution in [0, 0.1) is 0 Å². The number of hydrogen-bond donors (Lipinski definition) is 2. The molecule has 1 fully saturated rings. The van der Waals surface area contributed by atoms with Gasteiger partial charge in [0.2, 0.25) is 5.91 Å². The lowest BCUT2D eigenvalue weighted by Crippen LogP contribution is -2.48. The molecule has 0 saturated carbocycles. The zero-order valence-corrected chi connectivity index (χ0v) is 12.2. The minimum Gasteiger partial charge on any atom is -0.476 e. The lowest BCUT2D eigenvalue weighted by Gasteiger charge is -2.35. The number of primary amides is 1. The van der Waals surface area contributed by atoms with Crippen LogP contribution in [0.15, 0.2) is 6.20 Å². The molecule has 1 saturated heterocycles. The van der Waals surface area contributed by atoms with Crippen LogP contribution in [0.3, 0.4) is 0 Å². The van der Waals surface area contributed by atoms with Crippen LogP contribution in [-0.2, 0) is 4.79 Å². The molecule has 7 heteroatoms. The van der Waals surface area contributed by atoms with Gasteiger partial charge in [0.1, 0.15) is 11.9 Å². The molecular formula is C14H20N4O3. The van der Waals surface area contributed by atoms with Gasteiger partial charge in [-0.1, -0.05) is 13.8 Å². The summed E-state index contributed by atoms with van der Waals surface area (Å²) in [5.41, 5.74) is 5.73. The lowest BCUT2D eigenvalue weighted by atomic mass is 10.0. The molecule has 1 amide bonds. The Balaban J connectivity index is 2.46. The maximum atomic E-state index is 11.6. The molecule has 2 heterocycles. The van der Waals surface area contributed by atoms with Crippen LogP contribution in [0.2, 0.25) is 0 Å². The van der Waals surface area contributed by atoms with Crippen molar-refractivity contribution >= 4 is 17.6 Å². The van der Waals surface area contributed by atoms with E-state index in [1.54, 1.807) is 4.90 Å². The number of piperidine rings is 1. The van der Waals surface area contributed by atoms with Crippen LogP contribution in [0.1, 0.15) is 55.3 Å². The van der Waals surface area contributed by atoms with Crippen LogP contribution >= 0.6 is 0 Å². The van der Waals surface area contributed by atoms with Crippen molar-refractivity contribution in [3.05, 3.63) is 17.7 Å². The average molecular weight is 292 g/mol. The van der Waals surface area contributed by atoms with E-state index in [0.29, 0.717) is 24.5 Å². The molecular weight excluding hydrogens is 272 g/mol. The molecule has 0 spiro atoms. The van der Waals surface area contributed by atoms with E-state index in [4.69, 9.17) is 5.73 Å². The first-order valence-electron chi connectivity index (χ1n) is 7.08. The number of carboxylic acids is 1. The van der Waals surface area contributed by atoms with Gasteiger partial charge in [-0.25, -0.2) is 14.8 Å². The van der Waals surface area contributed by atoms with Gasteiger partial charge >= 0.3 is 5.97 Å². The SMILES string of the molecule is CC(C)c1ncc(N2CCCCC2C(N)=O)c(C(=O)O)n1. The van der Waals surface area contributed by atoms with E-state index in [1.807, 2.05) is 13.8 Å². The summed E-state index contributed by atoms with van der Waals surface area (Å²) in [6.45, 7) is 4.37. The van der Waals surface area contributed by atoms with Gasteiger partial charge in [-0.3, -0.25) is 4.79 Å². The third kappa shape index (κ3) is 3.12. The van der Waals surface area contributed by atoms with Crippen LogP contribution in [-0.4, -0.2) is 39.5 Å².